The van der Waals surface area contributed by atoms with Gasteiger partial charge in [0, 0.05) is 5.92 Å². The molecule has 1 saturated carbocycles. The maximum Gasteiger partial charge on any atom is 0.123 e. The van der Waals surface area contributed by atoms with Crippen molar-refractivity contribution in [1.29, 1.82) is 0 Å². The Morgan fingerprint density at radius 2 is 2.00 bits per heavy atom. The van der Waals surface area contributed by atoms with Gasteiger partial charge in [0.15, 0.2) is 0 Å². The molecule has 12 heavy (non-hydrogen) atoms. The second-order valence-corrected chi connectivity index (χ2v) is 4.04. The van der Waals surface area contributed by atoms with Gasteiger partial charge < -0.3 is 4.79 Å². The highest BCUT2D eigenvalue weighted by molar-refractivity contribution is 5.53. The average Bonchev–Trinajstić information content (AvgIpc) is 2.16. The summed E-state index contributed by atoms with van der Waals surface area (Å²) in [7, 11) is 0. The fourth-order valence-corrected chi connectivity index (χ4v) is 2.17. The van der Waals surface area contributed by atoms with Crippen LogP contribution in [0.3, 0.4) is 0 Å². The number of carbonyl (C=O) groups is 1. The minimum atomic E-state index is 0.341. The first-order valence-corrected chi connectivity index (χ1v) is 5.32. The first kappa shape index (κ1) is 9.76. The van der Waals surface area contributed by atoms with Crippen LogP contribution < -0.4 is 0 Å². The zero-order valence-electron chi connectivity index (χ0n) is 8.09. The zero-order valence-corrected chi connectivity index (χ0v) is 8.09. The summed E-state index contributed by atoms with van der Waals surface area (Å²) in [6.07, 6.45) is 10.2. The monoisotopic (exact) mass is 168 g/mol. The molecular weight excluding hydrogens is 148 g/mol. The average molecular weight is 168 g/mol. The first-order valence-electron chi connectivity index (χ1n) is 5.32. The van der Waals surface area contributed by atoms with Crippen molar-refractivity contribution in [3.63, 3.8) is 0 Å². The van der Waals surface area contributed by atoms with E-state index in [9.17, 15) is 4.79 Å². The molecule has 1 unspecified atom stereocenters. The van der Waals surface area contributed by atoms with E-state index in [-0.39, 0.29) is 0 Å². The van der Waals surface area contributed by atoms with E-state index in [4.69, 9.17) is 0 Å². The van der Waals surface area contributed by atoms with Crippen LogP contribution in [0, 0.1) is 11.8 Å². The van der Waals surface area contributed by atoms with Gasteiger partial charge in [-0.3, -0.25) is 0 Å². The van der Waals surface area contributed by atoms with Crippen LogP contribution in [-0.2, 0) is 4.79 Å². The van der Waals surface area contributed by atoms with Crippen LogP contribution >= 0.6 is 0 Å². The molecule has 0 aliphatic heterocycles. The molecule has 0 spiro atoms. The summed E-state index contributed by atoms with van der Waals surface area (Å²) < 4.78 is 0. The first-order chi connectivity index (χ1) is 5.86. The van der Waals surface area contributed by atoms with Gasteiger partial charge in [-0.05, 0) is 18.8 Å². The minimum Gasteiger partial charge on any atom is -0.303 e. The molecule has 0 aromatic carbocycles. The van der Waals surface area contributed by atoms with Crippen LogP contribution in [0.4, 0.5) is 0 Å². The largest absolute Gasteiger partial charge is 0.303 e. The molecule has 0 amide bonds. The summed E-state index contributed by atoms with van der Waals surface area (Å²) in [5.41, 5.74) is 0. The van der Waals surface area contributed by atoms with Gasteiger partial charge in [0.2, 0.25) is 0 Å². The lowest BCUT2D eigenvalue weighted by Gasteiger charge is -2.23. The highest BCUT2D eigenvalue weighted by Crippen LogP contribution is 2.29. The van der Waals surface area contributed by atoms with Gasteiger partial charge in [0.1, 0.15) is 6.29 Å². The van der Waals surface area contributed by atoms with Crippen molar-refractivity contribution >= 4 is 6.29 Å². The van der Waals surface area contributed by atoms with Gasteiger partial charge in [-0.2, -0.15) is 0 Å². The van der Waals surface area contributed by atoms with Gasteiger partial charge in [0.05, 0.1) is 0 Å². The third-order valence-corrected chi connectivity index (χ3v) is 3.08. The molecule has 1 nitrogen and oxygen atoms in total. The van der Waals surface area contributed by atoms with E-state index < -0.39 is 0 Å². The van der Waals surface area contributed by atoms with Crippen molar-refractivity contribution in [2.75, 3.05) is 0 Å². The molecule has 0 N–H and O–H groups in total. The maximum atomic E-state index is 10.6. The molecule has 1 heteroatoms. The fourth-order valence-electron chi connectivity index (χ4n) is 2.17. The van der Waals surface area contributed by atoms with E-state index in [2.05, 4.69) is 6.92 Å². The molecule has 0 saturated heterocycles. The number of rotatable bonds is 4. The van der Waals surface area contributed by atoms with Crippen molar-refractivity contribution in [2.45, 2.75) is 51.9 Å². The van der Waals surface area contributed by atoms with Crippen molar-refractivity contribution < 1.29 is 4.79 Å². The molecular formula is C11H20O. The minimum absolute atomic E-state index is 0.341. The van der Waals surface area contributed by atoms with Crippen LogP contribution in [0.2, 0.25) is 0 Å². The standard InChI is InChI=1S/C11H20O/c1-2-10(9-12)8-11-6-4-3-5-7-11/h9-11H,2-8H2,1H3. The number of hydrogen-bond donors (Lipinski definition) is 0. The third kappa shape index (κ3) is 2.96. The molecule has 70 valence electrons. The molecule has 0 heterocycles. The number of aldehydes is 1. The zero-order chi connectivity index (χ0) is 8.81. The van der Waals surface area contributed by atoms with E-state index in [0.29, 0.717) is 5.92 Å². The van der Waals surface area contributed by atoms with Gasteiger partial charge in [-0.15, -0.1) is 0 Å². The quantitative estimate of drug-likeness (QED) is 0.589. The SMILES string of the molecule is CCC(C=O)CC1CCCCC1. The summed E-state index contributed by atoms with van der Waals surface area (Å²) in [5.74, 6) is 1.20. The Morgan fingerprint density at radius 3 is 2.50 bits per heavy atom. The summed E-state index contributed by atoms with van der Waals surface area (Å²) in [6.45, 7) is 2.11. The molecule has 1 aliphatic carbocycles. The van der Waals surface area contributed by atoms with Gasteiger partial charge >= 0.3 is 0 Å². The van der Waals surface area contributed by atoms with E-state index in [1.165, 1.54) is 32.1 Å². The Hall–Kier alpha value is -0.330. The molecule has 1 rings (SSSR count). The topological polar surface area (TPSA) is 17.1 Å². The molecule has 0 bridgehead atoms. The molecule has 0 aromatic heterocycles. The third-order valence-electron chi connectivity index (χ3n) is 3.08. The molecule has 0 radical (unpaired) electrons. The number of carbonyl (C=O) groups excluding carboxylic acids is 1. The van der Waals surface area contributed by atoms with Crippen LogP contribution in [0.25, 0.3) is 0 Å². The summed E-state index contributed by atoms with van der Waals surface area (Å²) >= 11 is 0. The van der Waals surface area contributed by atoms with Crippen LogP contribution in [0.5, 0.6) is 0 Å². The van der Waals surface area contributed by atoms with Crippen LogP contribution in [0.1, 0.15) is 51.9 Å². The second-order valence-electron chi connectivity index (χ2n) is 4.04. The van der Waals surface area contributed by atoms with Gasteiger partial charge in [-0.1, -0.05) is 39.0 Å². The molecule has 0 aromatic rings. The summed E-state index contributed by atoms with van der Waals surface area (Å²) in [6, 6.07) is 0. The van der Waals surface area contributed by atoms with E-state index >= 15 is 0 Å². The van der Waals surface area contributed by atoms with Crippen molar-refractivity contribution in [1.82, 2.24) is 0 Å². The summed E-state index contributed by atoms with van der Waals surface area (Å²) in [4.78, 5) is 10.6. The van der Waals surface area contributed by atoms with Crippen molar-refractivity contribution in [3.8, 4) is 0 Å². The Morgan fingerprint density at radius 1 is 1.33 bits per heavy atom. The second kappa shape index (κ2) is 5.34. The lowest BCUT2D eigenvalue weighted by atomic mass is 9.82. The van der Waals surface area contributed by atoms with E-state index in [1.54, 1.807) is 0 Å². The smallest absolute Gasteiger partial charge is 0.123 e. The Bertz CT molecular complexity index is 125. The van der Waals surface area contributed by atoms with Crippen molar-refractivity contribution in [3.05, 3.63) is 0 Å². The molecule has 1 atom stereocenters. The Labute approximate surface area is 75.5 Å². The normalized spacial score (nSPS) is 22.1. The van der Waals surface area contributed by atoms with Crippen molar-refractivity contribution in [2.24, 2.45) is 11.8 Å². The van der Waals surface area contributed by atoms with Gasteiger partial charge in [0.25, 0.3) is 0 Å². The lowest BCUT2D eigenvalue weighted by molar-refractivity contribution is -0.111. The maximum absolute atomic E-state index is 10.6. The highest BCUT2D eigenvalue weighted by atomic mass is 16.1. The molecule has 1 aliphatic rings. The number of hydrogen-bond acceptors (Lipinski definition) is 1. The van der Waals surface area contributed by atoms with Crippen LogP contribution in [-0.4, -0.2) is 6.29 Å². The van der Waals surface area contributed by atoms with E-state index in [1.807, 2.05) is 0 Å². The van der Waals surface area contributed by atoms with Crippen LogP contribution in [0.15, 0.2) is 0 Å². The van der Waals surface area contributed by atoms with Gasteiger partial charge in [-0.25, -0.2) is 0 Å². The fraction of sp³-hybridized carbons (Fsp3) is 0.909. The van der Waals surface area contributed by atoms with E-state index in [0.717, 1.165) is 25.0 Å². The predicted molar refractivity (Wildman–Crippen MR) is 51.0 cm³/mol. The Kier molecular flexibility index (Phi) is 4.34. The highest BCUT2D eigenvalue weighted by Gasteiger charge is 2.17. The molecule has 1 fully saturated rings. The predicted octanol–water partition coefficient (Wildman–Crippen LogP) is 3.18. The lowest BCUT2D eigenvalue weighted by Crippen LogP contribution is -2.12. The summed E-state index contributed by atoms with van der Waals surface area (Å²) in [5, 5.41) is 0. The Balaban J connectivity index is 2.22.